The van der Waals surface area contributed by atoms with E-state index in [1.807, 2.05) is 0 Å². The Morgan fingerprint density at radius 1 is 1.53 bits per heavy atom. The van der Waals surface area contributed by atoms with Crippen molar-refractivity contribution in [3.63, 3.8) is 0 Å². The number of benzene rings is 1. The molecule has 0 aliphatic carbocycles. The minimum absolute atomic E-state index is 0.239. The molecule has 0 fully saturated rings. The van der Waals surface area contributed by atoms with Crippen molar-refractivity contribution in [1.82, 2.24) is 15.1 Å². The first-order chi connectivity index (χ1) is 9.15. The lowest BCUT2D eigenvalue weighted by Crippen LogP contribution is -2.18. The zero-order valence-corrected chi connectivity index (χ0v) is 10.4. The van der Waals surface area contributed by atoms with Crippen LogP contribution in [0.4, 0.5) is 5.69 Å². The maximum Gasteiger partial charge on any atom is 0.271 e. The minimum Gasteiger partial charge on any atom is -0.398 e. The van der Waals surface area contributed by atoms with Gasteiger partial charge in [-0.25, -0.2) is 4.68 Å². The predicted molar refractivity (Wildman–Crippen MR) is 70.7 cm³/mol. The Morgan fingerprint density at radius 3 is 3.00 bits per heavy atom. The van der Waals surface area contributed by atoms with Gasteiger partial charge in [-0.1, -0.05) is 0 Å². The van der Waals surface area contributed by atoms with E-state index in [2.05, 4.69) is 16.5 Å². The third kappa shape index (κ3) is 2.55. The Hall–Kier alpha value is -2.81. The van der Waals surface area contributed by atoms with E-state index in [4.69, 9.17) is 11.0 Å². The average molecular weight is 255 g/mol. The third-order valence-electron chi connectivity index (χ3n) is 2.71. The zero-order chi connectivity index (χ0) is 13.8. The van der Waals surface area contributed by atoms with Gasteiger partial charge in [-0.2, -0.15) is 10.4 Å². The summed E-state index contributed by atoms with van der Waals surface area (Å²) in [7, 11) is 1.55. The van der Waals surface area contributed by atoms with E-state index in [1.165, 1.54) is 0 Å². The van der Waals surface area contributed by atoms with Crippen molar-refractivity contribution in [2.24, 2.45) is 0 Å². The lowest BCUT2D eigenvalue weighted by molar-refractivity contribution is 0.0957. The molecule has 0 saturated heterocycles. The number of nitrogens with two attached hydrogens (primary N) is 1. The number of rotatable bonds is 3. The van der Waals surface area contributed by atoms with Gasteiger partial charge in [-0.05, 0) is 29.8 Å². The highest BCUT2D eigenvalue weighted by Gasteiger charge is 2.09. The van der Waals surface area contributed by atoms with Gasteiger partial charge in [0.1, 0.15) is 0 Å². The minimum atomic E-state index is -0.244. The molecule has 0 saturated carbocycles. The standard InChI is InChI=1S/C13H13N5O/c1-16-13(19)12-5-7-18(17-12)10-2-3-11(15)9(8-10)4-6-14/h2-3,5,7-8H,4,15H2,1H3,(H,16,19). The monoisotopic (exact) mass is 255 g/mol. The number of hydrogen-bond donors (Lipinski definition) is 2. The van der Waals surface area contributed by atoms with Crippen LogP contribution >= 0.6 is 0 Å². The van der Waals surface area contributed by atoms with Crippen molar-refractivity contribution in [3.05, 3.63) is 41.7 Å². The van der Waals surface area contributed by atoms with Gasteiger partial charge in [0.05, 0.1) is 18.2 Å². The molecule has 0 aliphatic heterocycles. The highest BCUT2D eigenvalue weighted by atomic mass is 16.1. The maximum atomic E-state index is 11.4. The second kappa shape index (κ2) is 5.23. The highest BCUT2D eigenvalue weighted by Crippen LogP contribution is 2.17. The predicted octanol–water partition coefficient (Wildman–Crippen LogP) is 0.880. The molecule has 1 amide bonds. The summed E-state index contributed by atoms with van der Waals surface area (Å²) in [4.78, 5) is 11.4. The molecule has 96 valence electrons. The normalized spacial score (nSPS) is 9.89. The topological polar surface area (TPSA) is 96.7 Å². The van der Waals surface area contributed by atoms with Crippen molar-refractivity contribution in [2.75, 3.05) is 12.8 Å². The smallest absolute Gasteiger partial charge is 0.271 e. The zero-order valence-electron chi connectivity index (χ0n) is 10.4. The van der Waals surface area contributed by atoms with Crippen LogP contribution in [0.1, 0.15) is 16.1 Å². The Bertz CT molecular complexity index is 653. The van der Waals surface area contributed by atoms with Crippen LogP contribution in [0.2, 0.25) is 0 Å². The first kappa shape index (κ1) is 12.6. The van der Waals surface area contributed by atoms with E-state index < -0.39 is 0 Å². The van der Waals surface area contributed by atoms with Crippen LogP contribution < -0.4 is 11.1 Å². The Labute approximate surface area is 110 Å². The molecule has 2 rings (SSSR count). The van der Waals surface area contributed by atoms with Gasteiger partial charge in [0.2, 0.25) is 0 Å². The quantitative estimate of drug-likeness (QED) is 0.795. The van der Waals surface area contributed by atoms with Gasteiger partial charge < -0.3 is 11.1 Å². The largest absolute Gasteiger partial charge is 0.398 e. The lowest BCUT2D eigenvalue weighted by Gasteiger charge is -2.06. The van der Waals surface area contributed by atoms with E-state index >= 15 is 0 Å². The van der Waals surface area contributed by atoms with Crippen molar-refractivity contribution < 1.29 is 4.79 Å². The number of anilines is 1. The molecule has 0 spiro atoms. The van der Waals surface area contributed by atoms with Crippen molar-refractivity contribution >= 4 is 11.6 Å². The molecule has 1 aromatic carbocycles. The van der Waals surface area contributed by atoms with Crippen molar-refractivity contribution in [1.29, 1.82) is 5.26 Å². The van der Waals surface area contributed by atoms with Gasteiger partial charge in [0.15, 0.2) is 5.69 Å². The van der Waals surface area contributed by atoms with Gasteiger partial charge >= 0.3 is 0 Å². The fraction of sp³-hybridized carbons (Fsp3) is 0.154. The van der Waals surface area contributed by atoms with Crippen LogP contribution in [0.3, 0.4) is 0 Å². The summed E-state index contributed by atoms with van der Waals surface area (Å²) in [6.45, 7) is 0. The summed E-state index contributed by atoms with van der Waals surface area (Å²) in [5, 5.41) is 15.4. The van der Waals surface area contributed by atoms with Crippen LogP contribution in [0.15, 0.2) is 30.5 Å². The van der Waals surface area contributed by atoms with Crippen LogP contribution in [-0.4, -0.2) is 22.7 Å². The average Bonchev–Trinajstić information content (AvgIpc) is 2.90. The summed E-state index contributed by atoms with van der Waals surface area (Å²) < 4.78 is 1.57. The molecule has 6 nitrogen and oxygen atoms in total. The molecule has 6 heteroatoms. The molecule has 0 radical (unpaired) electrons. The van der Waals surface area contributed by atoms with E-state index in [0.29, 0.717) is 11.4 Å². The maximum absolute atomic E-state index is 11.4. The molecule has 2 aromatic rings. The number of nitrogens with one attached hydrogen (secondary N) is 1. The van der Waals surface area contributed by atoms with E-state index in [9.17, 15) is 4.79 Å². The van der Waals surface area contributed by atoms with E-state index in [-0.39, 0.29) is 12.3 Å². The van der Waals surface area contributed by atoms with Crippen molar-refractivity contribution in [2.45, 2.75) is 6.42 Å². The molecule has 1 aromatic heterocycles. The molecule has 0 unspecified atom stereocenters. The number of nitriles is 1. The van der Waals surface area contributed by atoms with E-state index in [0.717, 1.165) is 11.3 Å². The Morgan fingerprint density at radius 2 is 2.32 bits per heavy atom. The molecule has 3 N–H and O–H groups in total. The SMILES string of the molecule is CNC(=O)c1ccn(-c2ccc(N)c(CC#N)c2)n1. The fourth-order valence-corrected chi connectivity index (χ4v) is 1.69. The lowest BCUT2D eigenvalue weighted by atomic mass is 10.1. The number of hydrogen-bond acceptors (Lipinski definition) is 4. The Kier molecular flexibility index (Phi) is 3.48. The van der Waals surface area contributed by atoms with Crippen molar-refractivity contribution in [3.8, 4) is 11.8 Å². The first-order valence-electron chi connectivity index (χ1n) is 5.69. The summed E-state index contributed by atoms with van der Waals surface area (Å²) in [5.41, 5.74) is 8.20. The molecular weight excluding hydrogens is 242 g/mol. The molecule has 1 heterocycles. The fourth-order valence-electron chi connectivity index (χ4n) is 1.69. The van der Waals surface area contributed by atoms with Crippen LogP contribution in [-0.2, 0) is 6.42 Å². The number of carbonyl (C=O) groups is 1. The summed E-state index contributed by atoms with van der Waals surface area (Å²) in [6.07, 6.45) is 1.93. The Balaban J connectivity index is 2.37. The van der Waals surface area contributed by atoms with Gasteiger partial charge in [-0.3, -0.25) is 4.79 Å². The molecule has 0 aliphatic rings. The second-order valence-corrected chi connectivity index (χ2v) is 3.94. The van der Waals surface area contributed by atoms with Gasteiger partial charge in [-0.15, -0.1) is 0 Å². The number of aromatic nitrogens is 2. The number of amides is 1. The van der Waals surface area contributed by atoms with Gasteiger partial charge in [0, 0.05) is 18.9 Å². The van der Waals surface area contributed by atoms with Crippen LogP contribution in [0.25, 0.3) is 5.69 Å². The summed E-state index contributed by atoms with van der Waals surface area (Å²) in [6, 6.07) is 8.99. The summed E-state index contributed by atoms with van der Waals surface area (Å²) >= 11 is 0. The van der Waals surface area contributed by atoms with E-state index in [1.54, 1.807) is 42.2 Å². The van der Waals surface area contributed by atoms with Crippen LogP contribution in [0.5, 0.6) is 0 Å². The molecule has 19 heavy (non-hydrogen) atoms. The summed E-state index contributed by atoms with van der Waals surface area (Å²) in [5.74, 6) is -0.244. The second-order valence-electron chi connectivity index (χ2n) is 3.94. The third-order valence-corrected chi connectivity index (χ3v) is 2.71. The number of carbonyl (C=O) groups excluding carboxylic acids is 1. The molecular formula is C13H13N5O. The van der Waals surface area contributed by atoms with Gasteiger partial charge in [0.25, 0.3) is 5.91 Å². The molecule has 0 bridgehead atoms. The van der Waals surface area contributed by atoms with Crippen LogP contribution in [0, 0.1) is 11.3 Å². The number of nitrogens with zero attached hydrogens (tertiary/aromatic N) is 3. The first-order valence-corrected chi connectivity index (χ1v) is 5.69. The number of nitrogen functional groups attached to an aromatic ring is 1. The highest BCUT2D eigenvalue weighted by molar-refractivity contribution is 5.91. The molecule has 0 atom stereocenters.